The molecule has 3 aromatic rings. The molecule has 9 nitrogen and oxygen atoms in total. The number of nitrogens with one attached hydrogen (secondary N) is 1. The number of likely N-dealkylation sites (N-methyl/N-ethyl adjacent to an activating group) is 1. The van der Waals surface area contributed by atoms with Gasteiger partial charge in [-0.15, -0.1) is 0 Å². The minimum Gasteiger partial charge on any atom is -0.490 e. The predicted octanol–water partition coefficient (Wildman–Crippen LogP) is 2.88. The molecular formula is C23H27N3O6. The van der Waals surface area contributed by atoms with Crippen LogP contribution in [-0.2, 0) is 16.1 Å². The zero-order valence-corrected chi connectivity index (χ0v) is 18.4. The lowest BCUT2D eigenvalue weighted by Crippen LogP contribution is -2.35. The van der Waals surface area contributed by atoms with E-state index in [9.17, 15) is 14.4 Å². The summed E-state index contributed by atoms with van der Waals surface area (Å²) in [6, 6.07) is 12.2. The van der Waals surface area contributed by atoms with Crippen molar-refractivity contribution in [1.82, 2.24) is 9.47 Å². The van der Waals surface area contributed by atoms with Gasteiger partial charge in [0.25, 0.3) is 0 Å². The first-order valence-corrected chi connectivity index (χ1v) is 10.4. The highest BCUT2D eigenvalue weighted by atomic mass is 16.5. The Hall–Kier alpha value is -3.75. The average Bonchev–Trinajstić information content (AvgIpc) is 3.09. The highest BCUT2D eigenvalue weighted by Crippen LogP contribution is 2.30. The number of ether oxygens (including phenoxy) is 2. The number of para-hydroxylation sites is 2. The molecule has 0 aliphatic heterocycles. The van der Waals surface area contributed by atoms with Crippen molar-refractivity contribution >= 4 is 28.6 Å². The number of carbonyl (C=O) groups excluding carboxylic acids is 2. The number of aryl methyl sites for hydroxylation is 1. The summed E-state index contributed by atoms with van der Waals surface area (Å²) in [5.74, 6) is 0.00781. The van der Waals surface area contributed by atoms with Crippen molar-refractivity contribution < 1.29 is 23.5 Å². The van der Waals surface area contributed by atoms with Gasteiger partial charge in [0.15, 0.2) is 17.1 Å². The Labute approximate surface area is 185 Å². The Bertz CT molecular complexity index is 1150. The summed E-state index contributed by atoms with van der Waals surface area (Å²) in [5.41, 5.74) is 1.64. The molecule has 1 heterocycles. The molecule has 0 radical (unpaired) electrons. The van der Waals surface area contributed by atoms with Gasteiger partial charge in [0.2, 0.25) is 11.8 Å². The van der Waals surface area contributed by atoms with E-state index in [0.717, 1.165) is 0 Å². The molecule has 0 unspecified atom stereocenters. The number of fused-ring (bicyclic) bond motifs is 1. The zero-order chi connectivity index (χ0) is 23.1. The number of hydrogen-bond acceptors (Lipinski definition) is 6. The quantitative estimate of drug-likeness (QED) is 0.519. The summed E-state index contributed by atoms with van der Waals surface area (Å²) in [4.78, 5) is 38.3. The SMILES string of the molecule is CCOc1ccc(NC(=O)CN(C)C(=O)CCn2c(=O)oc3ccccc32)cc1OCC. The number of carbonyl (C=O) groups is 2. The van der Waals surface area contributed by atoms with Crippen molar-refractivity contribution in [2.24, 2.45) is 0 Å². The second-order valence-electron chi connectivity index (χ2n) is 7.06. The molecule has 0 aliphatic carbocycles. The summed E-state index contributed by atoms with van der Waals surface area (Å²) in [5, 5.41) is 2.76. The Balaban J connectivity index is 1.57. The average molecular weight is 441 g/mol. The fraction of sp³-hybridized carbons (Fsp3) is 0.348. The summed E-state index contributed by atoms with van der Waals surface area (Å²) < 4.78 is 17.7. The van der Waals surface area contributed by atoms with Crippen LogP contribution in [0.1, 0.15) is 20.3 Å². The van der Waals surface area contributed by atoms with E-state index >= 15 is 0 Å². The van der Waals surface area contributed by atoms with E-state index in [1.54, 1.807) is 49.5 Å². The molecule has 1 N–H and O–H groups in total. The predicted molar refractivity (Wildman–Crippen MR) is 120 cm³/mol. The van der Waals surface area contributed by atoms with Gasteiger partial charge in [-0.2, -0.15) is 0 Å². The van der Waals surface area contributed by atoms with Crippen LogP contribution in [0.4, 0.5) is 5.69 Å². The lowest BCUT2D eigenvalue weighted by Gasteiger charge is -2.17. The third-order valence-electron chi connectivity index (χ3n) is 4.76. The lowest BCUT2D eigenvalue weighted by molar-refractivity contribution is -0.133. The summed E-state index contributed by atoms with van der Waals surface area (Å²) in [7, 11) is 1.54. The largest absolute Gasteiger partial charge is 0.490 e. The minimum atomic E-state index is -0.514. The summed E-state index contributed by atoms with van der Waals surface area (Å²) in [6.07, 6.45) is 0.0603. The van der Waals surface area contributed by atoms with Crippen LogP contribution in [0.15, 0.2) is 51.7 Å². The smallest absolute Gasteiger partial charge is 0.419 e. The van der Waals surface area contributed by atoms with Crippen LogP contribution in [0.3, 0.4) is 0 Å². The van der Waals surface area contributed by atoms with Crippen LogP contribution in [0.5, 0.6) is 11.5 Å². The van der Waals surface area contributed by atoms with E-state index in [1.165, 1.54) is 9.47 Å². The number of anilines is 1. The molecule has 3 rings (SSSR count). The van der Waals surface area contributed by atoms with E-state index in [1.807, 2.05) is 13.8 Å². The van der Waals surface area contributed by atoms with Gasteiger partial charge in [-0.25, -0.2) is 4.79 Å². The van der Waals surface area contributed by atoms with Crippen LogP contribution < -0.4 is 20.5 Å². The number of rotatable bonds is 10. The van der Waals surface area contributed by atoms with Crippen LogP contribution >= 0.6 is 0 Å². The number of amides is 2. The molecular weight excluding hydrogens is 414 g/mol. The fourth-order valence-corrected chi connectivity index (χ4v) is 3.26. The highest BCUT2D eigenvalue weighted by Gasteiger charge is 2.16. The molecule has 0 atom stereocenters. The number of oxazole rings is 1. The Morgan fingerprint density at radius 3 is 2.53 bits per heavy atom. The van der Waals surface area contributed by atoms with E-state index in [-0.39, 0.29) is 31.3 Å². The van der Waals surface area contributed by atoms with E-state index < -0.39 is 5.76 Å². The molecule has 1 aromatic heterocycles. The van der Waals surface area contributed by atoms with Crippen LogP contribution in [0.2, 0.25) is 0 Å². The molecule has 9 heteroatoms. The number of hydrogen-bond donors (Lipinski definition) is 1. The van der Waals surface area contributed by atoms with Gasteiger partial charge >= 0.3 is 5.76 Å². The van der Waals surface area contributed by atoms with Crippen molar-refractivity contribution in [1.29, 1.82) is 0 Å². The molecule has 32 heavy (non-hydrogen) atoms. The van der Waals surface area contributed by atoms with Gasteiger partial charge in [0.05, 0.1) is 25.3 Å². The van der Waals surface area contributed by atoms with Crippen LogP contribution in [0, 0.1) is 0 Å². The normalized spacial score (nSPS) is 10.7. The van der Waals surface area contributed by atoms with Gasteiger partial charge in [0, 0.05) is 31.8 Å². The Morgan fingerprint density at radius 2 is 1.78 bits per heavy atom. The molecule has 2 aromatic carbocycles. The molecule has 0 aliphatic rings. The molecule has 0 fully saturated rings. The Morgan fingerprint density at radius 1 is 1.06 bits per heavy atom. The second kappa shape index (κ2) is 10.5. The monoisotopic (exact) mass is 441 g/mol. The number of aromatic nitrogens is 1. The molecule has 0 spiro atoms. The molecule has 170 valence electrons. The van der Waals surface area contributed by atoms with E-state index in [2.05, 4.69) is 5.32 Å². The highest BCUT2D eigenvalue weighted by molar-refractivity contribution is 5.94. The molecule has 0 saturated carbocycles. The first-order chi connectivity index (χ1) is 15.4. The maximum atomic E-state index is 12.5. The molecule has 0 bridgehead atoms. The molecule has 2 amide bonds. The Kier molecular flexibility index (Phi) is 7.54. The van der Waals surface area contributed by atoms with Crippen LogP contribution in [-0.4, -0.2) is 48.1 Å². The first kappa shape index (κ1) is 22.9. The molecule has 0 saturated heterocycles. The summed E-state index contributed by atoms with van der Waals surface area (Å²) in [6.45, 7) is 4.74. The maximum absolute atomic E-state index is 12.5. The number of nitrogens with zero attached hydrogens (tertiary/aromatic N) is 2. The lowest BCUT2D eigenvalue weighted by atomic mass is 10.2. The van der Waals surface area contributed by atoms with Crippen molar-refractivity contribution in [3.05, 3.63) is 53.0 Å². The van der Waals surface area contributed by atoms with E-state index in [0.29, 0.717) is 41.5 Å². The van der Waals surface area contributed by atoms with Gasteiger partial charge in [-0.05, 0) is 38.1 Å². The van der Waals surface area contributed by atoms with Crippen LogP contribution in [0.25, 0.3) is 11.1 Å². The topological polar surface area (TPSA) is 103 Å². The van der Waals surface area contributed by atoms with Crippen molar-refractivity contribution in [2.75, 3.05) is 32.1 Å². The van der Waals surface area contributed by atoms with Gasteiger partial charge < -0.3 is 24.1 Å². The van der Waals surface area contributed by atoms with Crippen molar-refractivity contribution in [3.63, 3.8) is 0 Å². The minimum absolute atomic E-state index is 0.0603. The third kappa shape index (κ3) is 5.48. The van der Waals surface area contributed by atoms with Crippen molar-refractivity contribution in [3.8, 4) is 11.5 Å². The van der Waals surface area contributed by atoms with E-state index in [4.69, 9.17) is 13.9 Å². The summed E-state index contributed by atoms with van der Waals surface area (Å²) >= 11 is 0. The number of benzene rings is 2. The maximum Gasteiger partial charge on any atom is 0.419 e. The van der Waals surface area contributed by atoms with Gasteiger partial charge in [-0.3, -0.25) is 14.2 Å². The van der Waals surface area contributed by atoms with Gasteiger partial charge in [0.1, 0.15) is 0 Å². The van der Waals surface area contributed by atoms with Crippen molar-refractivity contribution in [2.45, 2.75) is 26.8 Å². The fourth-order valence-electron chi connectivity index (χ4n) is 3.26. The first-order valence-electron chi connectivity index (χ1n) is 10.4. The zero-order valence-electron chi connectivity index (χ0n) is 18.4. The third-order valence-corrected chi connectivity index (χ3v) is 4.76. The standard InChI is InChI=1S/C23H27N3O6/c1-4-30-19-11-10-16(14-20(19)31-5-2)24-21(27)15-25(3)22(28)12-13-26-17-8-6-7-9-18(17)32-23(26)29/h6-11,14H,4-5,12-13,15H2,1-3H3,(H,24,27). The second-order valence-corrected chi connectivity index (χ2v) is 7.06. The van der Waals surface area contributed by atoms with Gasteiger partial charge in [-0.1, -0.05) is 12.1 Å².